The minimum absolute atomic E-state index is 0.117. The van der Waals surface area contributed by atoms with Gasteiger partial charge in [-0.05, 0) is 165 Å². The molecule has 6 heterocycles. The monoisotopic (exact) mass is 1220 g/mol. The molecule has 11 aromatic carbocycles. The number of nitrogens with zero attached hydrogens (tertiary/aromatic N) is 4. The van der Waals surface area contributed by atoms with Crippen LogP contribution >= 0.6 is 20.4 Å². The van der Waals surface area contributed by atoms with Crippen molar-refractivity contribution in [2.24, 2.45) is 0 Å². The molecule has 6 aliphatic rings. The molecule has 432 valence electrons. The molecule has 88 heavy (non-hydrogen) atoms. The molecule has 21 heteroatoms. The molecular weight excluding hydrogens is 1180 g/mol. The summed E-state index contributed by atoms with van der Waals surface area (Å²) in [5.41, 5.74) is 9.01. The molecule has 0 saturated heterocycles. The number of halogens is 10. The van der Waals surface area contributed by atoms with E-state index in [2.05, 4.69) is 17.0 Å². The van der Waals surface area contributed by atoms with E-state index in [1.807, 2.05) is 79.7 Å². The van der Waals surface area contributed by atoms with E-state index >= 15 is 38.9 Å². The Morgan fingerprint density at radius 3 is 0.932 bits per heavy atom. The van der Waals surface area contributed by atoms with Crippen molar-refractivity contribution < 1.29 is 48.3 Å². The summed E-state index contributed by atoms with van der Waals surface area (Å²) in [7, 11) is -21.2. The molecule has 0 aromatic heterocycles. The molecule has 0 unspecified atom stereocenters. The largest absolute Gasteiger partial charge is 0.458 e. The third kappa shape index (κ3) is 7.78. The van der Waals surface area contributed by atoms with Crippen molar-refractivity contribution in [1.29, 1.82) is 0 Å². The molecule has 0 amide bonds. The van der Waals surface area contributed by atoms with Crippen LogP contribution in [0.5, 0.6) is 23.0 Å². The number of rotatable bonds is 6. The molecule has 6 nitrogen and oxygen atoms in total. The van der Waals surface area contributed by atoms with Crippen molar-refractivity contribution in [2.75, 3.05) is 19.6 Å². The van der Waals surface area contributed by atoms with Gasteiger partial charge >= 0.3 is 20.4 Å². The van der Waals surface area contributed by atoms with Crippen molar-refractivity contribution in [3.8, 4) is 23.0 Å². The highest BCUT2D eigenvalue weighted by Gasteiger charge is 2.68. The smallest absolute Gasteiger partial charge is 0.310 e. The average Bonchev–Trinajstić information content (AvgIpc) is 0.690. The summed E-state index contributed by atoms with van der Waals surface area (Å²) in [4.78, 5) is 2.31. The van der Waals surface area contributed by atoms with Gasteiger partial charge in [0.2, 0.25) is 0 Å². The van der Waals surface area contributed by atoms with Gasteiger partial charge in [-0.2, -0.15) is 0 Å². The Morgan fingerprint density at radius 2 is 0.568 bits per heavy atom. The number of hydrogen-bond donors (Lipinski definition) is 0. The molecule has 11 aromatic rings. The number of fused-ring (bicyclic) bond motifs is 12. The van der Waals surface area contributed by atoms with Crippen molar-refractivity contribution in [2.45, 2.75) is 16.7 Å². The van der Waals surface area contributed by atoms with Crippen LogP contribution in [0.1, 0.15) is 5.56 Å². The lowest BCUT2D eigenvalue weighted by Crippen LogP contribution is -2.66. The molecule has 0 N–H and O–H groups in total. The molecule has 0 atom stereocenters. The van der Waals surface area contributed by atoms with Gasteiger partial charge in [-0.15, -0.1) is 0 Å². The lowest BCUT2D eigenvalue weighted by Gasteiger charge is -2.49. The lowest BCUT2D eigenvalue weighted by molar-refractivity contribution is 0.360. The second kappa shape index (κ2) is 16.5. The van der Waals surface area contributed by atoms with Crippen LogP contribution in [0.15, 0.2) is 240 Å². The third-order valence-electron chi connectivity index (χ3n) is 17.7. The van der Waals surface area contributed by atoms with Crippen LogP contribution in [0.3, 0.4) is 0 Å². The Balaban J connectivity index is 1.04. The zero-order chi connectivity index (χ0) is 60.3. The summed E-state index contributed by atoms with van der Waals surface area (Å²) in [6.45, 7) is -0.589. The first-order valence-electron chi connectivity index (χ1n) is 28.1. The van der Waals surface area contributed by atoms with Crippen LogP contribution < -0.4 is 78.2 Å². The number of benzene rings is 11. The Bertz CT molecular complexity index is 4910. The molecule has 0 saturated carbocycles. The van der Waals surface area contributed by atoms with Gasteiger partial charge in [0.25, 0.3) is 20.1 Å². The third-order valence-corrected chi connectivity index (χ3v) is 20.0. The van der Waals surface area contributed by atoms with Crippen LogP contribution in [0.25, 0.3) is 0 Å². The summed E-state index contributed by atoms with van der Waals surface area (Å²) in [5, 5.41) is 0. The lowest BCUT2D eigenvalue weighted by atomic mass is 9.29. The first kappa shape index (κ1) is 52.7. The number of ether oxygens (including phenoxy) is 2. The summed E-state index contributed by atoms with van der Waals surface area (Å²) in [6, 6.07) is 62.7. The first-order chi connectivity index (χ1) is 41.8. The zero-order valence-electron chi connectivity index (χ0n) is 45.9. The van der Waals surface area contributed by atoms with Gasteiger partial charge in [0.15, 0.2) is 0 Å². The SMILES string of the molecule is Cc1cc2c3c(c1)N(c1ccccc1)c1cc4c(cc1B3c1ccccc1O2)B1c2cc3c(cc2N(c2ccccc2)c2cc(S(F)(F)(F)(F)F)cc(c21)N4c1ccccc1)N(c1ccccc1)c1cc(S(F)(F)(F)(F)F)cc2c1B3c1ccccc1O2. The number of hydrogen-bond acceptors (Lipinski definition) is 6. The standard InChI is InChI=1S/C67H41B3F10N4O2S2/c1-40-30-57-66-63(31-40)85-61-28-16-14-26-47(61)68(66)49-36-51-55(38-53(49)81(57)41-18-6-2-7-19-41)82(42-20-8-3-9-21-42)58-32-45(87(71,72,73,74)75)33-59-65(58)70(51)52-37-50-54(39-56(52)83(59)43-22-10-4-11-23-43)84(44-24-12-5-13-25-44)60-34-46(88(76,77,78,79)80)35-64-67(60)69(50)48-27-15-17-29-62(48)86-64/h2-39H,1H3. The summed E-state index contributed by atoms with van der Waals surface area (Å²) in [5.74, 6) is 0.923. The highest BCUT2D eigenvalue weighted by atomic mass is 32.5. The van der Waals surface area contributed by atoms with Gasteiger partial charge in [-0.3, -0.25) is 0 Å². The maximum atomic E-state index is 16.3. The normalized spacial score (nSPS) is 16.1. The van der Waals surface area contributed by atoms with Crippen molar-refractivity contribution in [3.63, 3.8) is 0 Å². The minimum atomic E-state index is -10.7. The van der Waals surface area contributed by atoms with Gasteiger partial charge in [-0.25, -0.2) is 0 Å². The fourth-order valence-electron chi connectivity index (χ4n) is 14.3. The van der Waals surface area contributed by atoms with E-state index in [-0.39, 0.29) is 56.5 Å². The van der Waals surface area contributed by atoms with Gasteiger partial charge < -0.3 is 29.1 Å². The molecule has 0 spiro atoms. The molecule has 0 radical (unpaired) electrons. The Kier molecular flexibility index (Phi) is 9.90. The van der Waals surface area contributed by atoms with E-state index in [0.717, 1.165) is 33.3 Å². The second-order valence-electron chi connectivity index (χ2n) is 23.1. The van der Waals surface area contributed by atoms with Crippen LogP contribution in [0, 0.1) is 6.92 Å². The molecule has 6 aliphatic heterocycles. The summed E-state index contributed by atoms with van der Waals surface area (Å²) < 4.78 is 172. The van der Waals surface area contributed by atoms with Crippen LogP contribution in [0.4, 0.5) is 107 Å². The molecule has 0 bridgehead atoms. The van der Waals surface area contributed by atoms with Crippen molar-refractivity contribution >= 4 is 158 Å². The Labute approximate surface area is 499 Å². The van der Waals surface area contributed by atoms with Crippen LogP contribution in [-0.4, -0.2) is 20.1 Å². The first-order valence-corrected chi connectivity index (χ1v) is 32.0. The maximum Gasteiger partial charge on any atom is 0.310 e. The van der Waals surface area contributed by atoms with E-state index in [1.54, 1.807) is 126 Å². The maximum absolute atomic E-state index is 16.3. The molecule has 0 fully saturated rings. The number of para-hydroxylation sites is 6. The second-order valence-corrected chi connectivity index (χ2v) is 27.9. The van der Waals surface area contributed by atoms with E-state index < -0.39 is 56.1 Å². The highest BCUT2D eigenvalue weighted by Crippen LogP contribution is 3.03. The average molecular weight is 1220 g/mol. The quantitative estimate of drug-likeness (QED) is 0.122. The predicted molar refractivity (Wildman–Crippen MR) is 340 cm³/mol. The van der Waals surface area contributed by atoms with E-state index in [1.165, 1.54) is 9.80 Å². The number of aryl methyl sites for hydroxylation is 1. The fourth-order valence-corrected chi connectivity index (χ4v) is 15.7. The zero-order valence-corrected chi connectivity index (χ0v) is 47.5. The van der Waals surface area contributed by atoms with E-state index in [4.69, 9.17) is 9.47 Å². The van der Waals surface area contributed by atoms with Crippen LogP contribution in [0.2, 0.25) is 0 Å². The highest BCUT2D eigenvalue weighted by molar-refractivity contribution is 8.46. The number of anilines is 12. The topological polar surface area (TPSA) is 31.4 Å². The van der Waals surface area contributed by atoms with Gasteiger partial charge in [0.05, 0.1) is 0 Å². The van der Waals surface area contributed by atoms with Gasteiger partial charge in [0.1, 0.15) is 32.8 Å². The van der Waals surface area contributed by atoms with Gasteiger partial charge in [0, 0.05) is 74.3 Å². The summed E-state index contributed by atoms with van der Waals surface area (Å²) in [6.07, 6.45) is 0. The predicted octanol–water partition coefficient (Wildman–Crippen LogP) is 16.2. The minimum Gasteiger partial charge on any atom is -0.458 e. The van der Waals surface area contributed by atoms with Crippen molar-refractivity contribution in [1.82, 2.24) is 0 Å². The van der Waals surface area contributed by atoms with E-state index in [9.17, 15) is 0 Å². The van der Waals surface area contributed by atoms with Crippen LogP contribution in [-0.2, 0) is 0 Å². The van der Waals surface area contributed by atoms with Gasteiger partial charge in [-0.1, -0.05) is 160 Å². The molecule has 0 aliphatic carbocycles. The molecular formula is C67H41B3F10N4O2S2. The Hall–Kier alpha value is -9.59. The Morgan fingerprint density at radius 1 is 0.273 bits per heavy atom. The molecule has 17 rings (SSSR count). The fraction of sp³-hybridized carbons (Fsp3) is 0.0149. The van der Waals surface area contributed by atoms with E-state index in [0.29, 0.717) is 74.7 Å². The van der Waals surface area contributed by atoms with Crippen molar-refractivity contribution in [3.05, 3.63) is 236 Å². The summed E-state index contributed by atoms with van der Waals surface area (Å²) >= 11 is 0.